The van der Waals surface area contributed by atoms with Gasteiger partial charge in [0.1, 0.15) is 11.4 Å². The Morgan fingerprint density at radius 2 is 1.89 bits per heavy atom. The van der Waals surface area contributed by atoms with Crippen LogP contribution >= 0.6 is 0 Å². The van der Waals surface area contributed by atoms with Gasteiger partial charge < -0.3 is 15.0 Å². The van der Waals surface area contributed by atoms with Gasteiger partial charge in [-0.15, -0.1) is 0 Å². The molecule has 2 aromatic carbocycles. The lowest BCUT2D eigenvalue weighted by molar-refractivity contribution is 0.474. The molecule has 0 amide bonds. The van der Waals surface area contributed by atoms with Crippen LogP contribution in [0.5, 0.6) is 11.6 Å². The Morgan fingerprint density at radius 3 is 2.63 bits per heavy atom. The minimum Gasteiger partial charge on any atom is -0.437 e. The van der Waals surface area contributed by atoms with E-state index in [1.165, 1.54) is 23.8 Å². The number of pyridine rings is 1. The standard InChI is InChI=1S/C28H24N6O/c1-16(2)22-15-31-26-25(22)27(34-28(33-26)32-19-7-3-17(13-29)4-8-19)35-24-10-9-20(18-5-6-18)21-11-12-30-14-23(21)24/h3-4,7-12,14-16,18H,5-6H2,1-2H3,(H2,31,32,33,34). The van der Waals surface area contributed by atoms with Crippen molar-refractivity contribution in [2.24, 2.45) is 0 Å². The molecular weight excluding hydrogens is 436 g/mol. The zero-order valence-corrected chi connectivity index (χ0v) is 19.5. The van der Waals surface area contributed by atoms with Gasteiger partial charge in [0.2, 0.25) is 11.8 Å². The molecule has 2 N–H and O–H groups in total. The van der Waals surface area contributed by atoms with Crippen molar-refractivity contribution in [1.82, 2.24) is 19.9 Å². The van der Waals surface area contributed by atoms with E-state index in [1.807, 2.05) is 36.8 Å². The lowest BCUT2D eigenvalue weighted by Gasteiger charge is -2.14. The van der Waals surface area contributed by atoms with Crippen molar-refractivity contribution in [3.05, 3.63) is 77.7 Å². The predicted octanol–water partition coefficient (Wildman–Crippen LogP) is 6.91. The topological polar surface area (TPSA) is 99.5 Å². The van der Waals surface area contributed by atoms with Crippen molar-refractivity contribution in [3.8, 4) is 17.7 Å². The fourth-order valence-corrected chi connectivity index (χ4v) is 4.50. The highest BCUT2D eigenvalue weighted by atomic mass is 16.5. The minimum atomic E-state index is 0.266. The van der Waals surface area contributed by atoms with Gasteiger partial charge in [0.05, 0.1) is 17.0 Å². The molecule has 1 saturated carbocycles. The molecule has 0 spiro atoms. The molecular formula is C28H24N6O. The number of rotatable bonds is 6. The number of nitrogens with one attached hydrogen (secondary N) is 2. The Kier molecular flexibility index (Phi) is 5.07. The summed E-state index contributed by atoms with van der Waals surface area (Å²) < 4.78 is 6.53. The van der Waals surface area contributed by atoms with E-state index < -0.39 is 0 Å². The van der Waals surface area contributed by atoms with Crippen molar-refractivity contribution < 1.29 is 4.74 Å². The fourth-order valence-electron chi connectivity index (χ4n) is 4.50. The third-order valence-corrected chi connectivity index (χ3v) is 6.46. The van der Waals surface area contributed by atoms with Crippen molar-refractivity contribution in [1.29, 1.82) is 5.26 Å². The van der Waals surface area contributed by atoms with Gasteiger partial charge in [-0.3, -0.25) is 4.98 Å². The molecule has 6 rings (SSSR count). The van der Waals surface area contributed by atoms with Gasteiger partial charge in [-0.25, -0.2) is 0 Å². The zero-order chi connectivity index (χ0) is 23.9. The van der Waals surface area contributed by atoms with Crippen LogP contribution in [0.1, 0.15) is 55.2 Å². The normalized spacial score (nSPS) is 13.3. The molecule has 172 valence electrons. The first-order valence-corrected chi connectivity index (χ1v) is 11.8. The molecule has 3 heterocycles. The number of benzene rings is 2. The maximum Gasteiger partial charge on any atom is 0.233 e. The highest BCUT2D eigenvalue weighted by Crippen LogP contribution is 2.45. The van der Waals surface area contributed by atoms with E-state index in [0.29, 0.717) is 29.0 Å². The average Bonchev–Trinajstić information content (AvgIpc) is 3.62. The Hall–Kier alpha value is -4.44. The number of nitriles is 1. The Balaban J connectivity index is 1.45. The Bertz CT molecular complexity index is 1590. The van der Waals surface area contributed by atoms with E-state index >= 15 is 0 Å². The predicted molar refractivity (Wildman–Crippen MR) is 136 cm³/mol. The van der Waals surface area contributed by atoms with E-state index in [4.69, 9.17) is 20.0 Å². The van der Waals surface area contributed by atoms with E-state index in [9.17, 15) is 0 Å². The van der Waals surface area contributed by atoms with Crippen LogP contribution in [0.3, 0.4) is 0 Å². The summed E-state index contributed by atoms with van der Waals surface area (Å²) in [7, 11) is 0. The van der Waals surface area contributed by atoms with Crippen molar-refractivity contribution in [2.75, 3.05) is 5.32 Å². The van der Waals surface area contributed by atoms with Crippen LogP contribution in [0, 0.1) is 11.3 Å². The number of anilines is 2. The smallest absolute Gasteiger partial charge is 0.233 e. The van der Waals surface area contributed by atoms with E-state index in [2.05, 4.69) is 47.3 Å². The maximum absolute atomic E-state index is 9.07. The molecule has 0 aliphatic heterocycles. The van der Waals surface area contributed by atoms with Crippen LogP contribution in [0.25, 0.3) is 21.8 Å². The average molecular weight is 461 g/mol. The van der Waals surface area contributed by atoms with Gasteiger partial charge in [-0.2, -0.15) is 15.2 Å². The first-order valence-electron chi connectivity index (χ1n) is 11.8. The van der Waals surface area contributed by atoms with Crippen molar-refractivity contribution in [2.45, 2.75) is 38.5 Å². The highest BCUT2D eigenvalue weighted by Gasteiger charge is 2.26. The van der Waals surface area contributed by atoms with Gasteiger partial charge >= 0.3 is 0 Å². The van der Waals surface area contributed by atoms with Gasteiger partial charge in [0, 0.05) is 29.7 Å². The molecule has 0 saturated heterocycles. The summed E-state index contributed by atoms with van der Waals surface area (Å²) in [6.45, 7) is 4.28. The van der Waals surface area contributed by atoms with Crippen LogP contribution in [-0.2, 0) is 0 Å². The maximum atomic E-state index is 9.07. The molecule has 1 fully saturated rings. The number of ether oxygens (including phenoxy) is 1. The molecule has 0 atom stereocenters. The molecule has 7 heteroatoms. The van der Waals surface area contributed by atoms with Crippen LogP contribution in [0.4, 0.5) is 11.6 Å². The zero-order valence-electron chi connectivity index (χ0n) is 19.5. The number of hydrogen-bond acceptors (Lipinski definition) is 6. The summed E-state index contributed by atoms with van der Waals surface area (Å²) >= 11 is 0. The third-order valence-electron chi connectivity index (χ3n) is 6.46. The second-order valence-corrected chi connectivity index (χ2v) is 9.24. The molecule has 35 heavy (non-hydrogen) atoms. The molecule has 1 aliphatic rings. The van der Waals surface area contributed by atoms with Gasteiger partial charge in [0.25, 0.3) is 0 Å². The van der Waals surface area contributed by atoms with E-state index in [1.54, 1.807) is 12.1 Å². The summed E-state index contributed by atoms with van der Waals surface area (Å²) in [5, 5.41) is 15.3. The second kappa shape index (κ2) is 8.41. The van der Waals surface area contributed by atoms with Gasteiger partial charge in [-0.05, 0) is 77.6 Å². The summed E-state index contributed by atoms with van der Waals surface area (Å²) in [5.41, 5.74) is 4.53. The fraction of sp³-hybridized carbons (Fsp3) is 0.214. The lowest BCUT2D eigenvalue weighted by Crippen LogP contribution is -2.01. The first-order chi connectivity index (χ1) is 17.1. The Morgan fingerprint density at radius 1 is 1.06 bits per heavy atom. The van der Waals surface area contributed by atoms with Crippen molar-refractivity contribution in [3.63, 3.8) is 0 Å². The molecule has 0 bridgehead atoms. The molecule has 3 aromatic heterocycles. The van der Waals surface area contributed by atoms with Crippen LogP contribution < -0.4 is 10.1 Å². The third kappa shape index (κ3) is 3.93. The number of hydrogen-bond donors (Lipinski definition) is 2. The molecule has 7 nitrogen and oxygen atoms in total. The summed E-state index contributed by atoms with van der Waals surface area (Å²) in [6, 6.07) is 15.6. The van der Waals surface area contributed by atoms with Crippen LogP contribution in [-0.4, -0.2) is 19.9 Å². The van der Waals surface area contributed by atoms with Crippen molar-refractivity contribution >= 4 is 33.4 Å². The van der Waals surface area contributed by atoms with Gasteiger partial charge in [0.15, 0.2) is 0 Å². The number of nitrogens with zero attached hydrogens (tertiary/aromatic N) is 4. The number of aromatic nitrogens is 4. The molecule has 0 unspecified atom stereocenters. The first kappa shape index (κ1) is 21.1. The minimum absolute atomic E-state index is 0.266. The summed E-state index contributed by atoms with van der Waals surface area (Å²) in [5.74, 6) is 2.51. The second-order valence-electron chi connectivity index (χ2n) is 9.24. The quantitative estimate of drug-likeness (QED) is 0.285. The molecule has 1 aliphatic carbocycles. The molecule has 0 radical (unpaired) electrons. The van der Waals surface area contributed by atoms with Gasteiger partial charge in [-0.1, -0.05) is 19.9 Å². The summed E-state index contributed by atoms with van der Waals surface area (Å²) in [6.07, 6.45) is 8.14. The number of H-pyrrole nitrogens is 1. The largest absolute Gasteiger partial charge is 0.437 e. The summed E-state index contributed by atoms with van der Waals surface area (Å²) in [4.78, 5) is 17.1. The molecule has 5 aromatic rings. The number of aromatic amines is 1. The van der Waals surface area contributed by atoms with Crippen LogP contribution in [0.15, 0.2) is 61.1 Å². The Labute approximate surface area is 202 Å². The monoisotopic (exact) mass is 460 g/mol. The van der Waals surface area contributed by atoms with Crippen LogP contribution in [0.2, 0.25) is 0 Å². The van der Waals surface area contributed by atoms with E-state index in [0.717, 1.165) is 27.8 Å². The highest BCUT2D eigenvalue weighted by molar-refractivity contribution is 5.92. The van der Waals surface area contributed by atoms with E-state index in [-0.39, 0.29) is 5.92 Å². The lowest BCUT2D eigenvalue weighted by atomic mass is 10.0. The SMILES string of the molecule is CC(C)c1c[nH]c2nc(Nc3ccc(C#N)cc3)nc(Oc3ccc(C4CC4)c4ccncc34)c12. The number of fused-ring (bicyclic) bond motifs is 2.